The van der Waals surface area contributed by atoms with Crippen molar-refractivity contribution in [3.8, 4) is 5.75 Å². The number of rotatable bonds is 9. The van der Waals surface area contributed by atoms with Crippen LogP contribution in [-0.4, -0.2) is 88.5 Å². The molecule has 0 aliphatic carbocycles. The molecule has 1 heterocycles. The average Bonchev–Trinajstić information content (AvgIpc) is 3.03. The van der Waals surface area contributed by atoms with Crippen LogP contribution < -0.4 is 36.8 Å². The zero-order valence-electron chi connectivity index (χ0n) is 29.0. The molecule has 1 aliphatic heterocycles. The van der Waals surface area contributed by atoms with Crippen LogP contribution in [0.15, 0.2) is 36.4 Å². The molecule has 9 N–H and O–H groups in total. The predicted octanol–water partition coefficient (Wildman–Crippen LogP) is -0.775. The second-order valence-corrected chi connectivity index (χ2v) is 13.7. The Morgan fingerprint density at radius 3 is 1.88 bits per heavy atom. The highest BCUT2D eigenvalue weighted by molar-refractivity contribution is 7.46. The second-order valence-electron chi connectivity index (χ2n) is 12.6. The lowest BCUT2D eigenvalue weighted by Gasteiger charge is -2.29. The van der Waals surface area contributed by atoms with Crippen LogP contribution in [0.1, 0.15) is 58.9 Å². The highest BCUT2D eigenvalue weighted by Crippen LogP contribution is 2.37. The van der Waals surface area contributed by atoms with Gasteiger partial charge in [-0.2, -0.15) is 0 Å². The third-order valence-corrected chi connectivity index (χ3v) is 8.10. The zero-order chi connectivity index (χ0) is 38.5. The van der Waals surface area contributed by atoms with E-state index in [0.29, 0.717) is 5.56 Å². The van der Waals surface area contributed by atoms with Gasteiger partial charge in [0.1, 0.15) is 36.0 Å². The van der Waals surface area contributed by atoms with Crippen molar-refractivity contribution >= 4 is 49.2 Å². The fourth-order valence-electron chi connectivity index (χ4n) is 4.97. The van der Waals surface area contributed by atoms with Gasteiger partial charge in [-0.25, -0.2) is 9.36 Å². The van der Waals surface area contributed by atoms with Gasteiger partial charge < -0.3 is 41.6 Å². The molecule has 19 heteroatoms. The van der Waals surface area contributed by atoms with Crippen LogP contribution in [0.5, 0.6) is 5.75 Å². The van der Waals surface area contributed by atoms with Crippen LogP contribution >= 0.6 is 7.82 Å². The van der Waals surface area contributed by atoms with E-state index in [1.165, 1.54) is 24.3 Å². The Bertz CT molecular complexity index is 1510. The maximum atomic E-state index is 13.7. The number of hydrogen-bond acceptors (Lipinski definition) is 10. The van der Waals surface area contributed by atoms with E-state index in [0.717, 1.165) is 7.11 Å². The molecule has 2 rings (SSSR count). The number of phosphoric acid groups is 1. The Kier molecular flexibility index (Phi) is 16.2. The minimum absolute atomic E-state index is 0.0253. The normalized spacial score (nSPS) is 23.9. The number of carbonyl (C=O) groups is 7. The van der Waals surface area contributed by atoms with Crippen molar-refractivity contribution in [3.63, 3.8) is 0 Å². The molecule has 6 amide bonds. The summed E-state index contributed by atoms with van der Waals surface area (Å²) in [5.74, 6) is -6.77. The Balaban J connectivity index is 2.51. The number of allylic oxidation sites excluding steroid dienone is 1. The van der Waals surface area contributed by atoms with E-state index in [1.54, 1.807) is 39.8 Å². The van der Waals surface area contributed by atoms with Crippen molar-refractivity contribution in [2.75, 3.05) is 7.11 Å². The number of phosphoric ester groups is 1. The summed E-state index contributed by atoms with van der Waals surface area (Å²) >= 11 is 0. The van der Waals surface area contributed by atoms with Crippen LogP contribution in [0, 0.1) is 11.8 Å². The van der Waals surface area contributed by atoms with Gasteiger partial charge in [-0.15, -0.1) is 0 Å². The molecule has 5 atom stereocenters. The Morgan fingerprint density at radius 1 is 0.824 bits per heavy atom. The lowest BCUT2D eigenvalue weighted by Crippen LogP contribution is -2.61. The molecule has 0 spiro atoms. The zero-order valence-corrected chi connectivity index (χ0v) is 29.9. The van der Waals surface area contributed by atoms with Gasteiger partial charge in [0, 0.05) is 12.8 Å². The lowest BCUT2D eigenvalue weighted by molar-refractivity contribution is -0.145. The summed E-state index contributed by atoms with van der Waals surface area (Å²) < 4.78 is 20.6. The number of methoxy groups -OCH3 is 1. The quantitative estimate of drug-likeness (QED) is 0.0881. The molecule has 282 valence electrons. The van der Waals surface area contributed by atoms with E-state index in [1.807, 2.05) is 0 Å². The Hall–Kier alpha value is -4.80. The van der Waals surface area contributed by atoms with E-state index in [4.69, 9.17) is 20.3 Å². The number of esters is 1. The molecule has 0 bridgehead atoms. The molecule has 3 unspecified atom stereocenters. The fraction of sp³-hybridized carbons (Fsp3) is 0.531. The maximum absolute atomic E-state index is 13.7. The summed E-state index contributed by atoms with van der Waals surface area (Å²) in [5, 5.41) is 12.7. The number of carbonyl (C=O) groups excluding carboxylic acids is 7. The average molecular weight is 739 g/mol. The van der Waals surface area contributed by atoms with E-state index in [2.05, 4.69) is 31.1 Å². The van der Waals surface area contributed by atoms with Crippen molar-refractivity contribution in [3.05, 3.63) is 42.0 Å². The molecule has 0 radical (unpaired) electrons. The van der Waals surface area contributed by atoms with E-state index < -0.39 is 97.7 Å². The summed E-state index contributed by atoms with van der Waals surface area (Å²) in [6, 6.07) is -1.04. The minimum atomic E-state index is -4.82. The highest BCUT2D eigenvalue weighted by atomic mass is 31.2. The number of primary amides is 1. The van der Waals surface area contributed by atoms with Crippen molar-refractivity contribution < 1.29 is 57.2 Å². The van der Waals surface area contributed by atoms with Gasteiger partial charge in [-0.05, 0) is 42.4 Å². The molecule has 0 saturated heterocycles. The van der Waals surface area contributed by atoms with Crippen LogP contribution in [-0.2, 0) is 49.3 Å². The van der Waals surface area contributed by atoms with E-state index in [9.17, 15) is 38.1 Å². The first-order valence-electron chi connectivity index (χ1n) is 16.2. The third-order valence-electron chi connectivity index (χ3n) is 7.65. The summed E-state index contributed by atoms with van der Waals surface area (Å²) in [7, 11) is -3.68. The Labute approximate surface area is 295 Å². The summed E-state index contributed by atoms with van der Waals surface area (Å²) in [6.07, 6.45) is 2.47. The van der Waals surface area contributed by atoms with Crippen molar-refractivity contribution in [1.29, 1.82) is 0 Å². The molecule has 18 nitrogen and oxygen atoms in total. The third kappa shape index (κ3) is 14.5. The summed E-state index contributed by atoms with van der Waals surface area (Å²) in [5.41, 5.74) is 5.84. The van der Waals surface area contributed by atoms with Gasteiger partial charge in [-0.1, -0.05) is 52.0 Å². The molecule has 0 fully saturated rings. The fourth-order valence-corrected chi connectivity index (χ4v) is 5.36. The van der Waals surface area contributed by atoms with E-state index >= 15 is 0 Å². The van der Waals surface area contributed by atoms with Crippen LogP contribution in [0.3, 0.4) is 0 Å². The molecule has 1 aromatic carbocycles. The smallest absolute Gasteiger partial charge is 0.467 e. The largest absolute Gasteiger partial charge is 0.524 e. The molecule has 1 aromatic rings. The monoisotopic (exact) mass is 738 g/mol. The van der Waals surface area contributed by atoms with Crippen LogP contribution in [0.4, 0.5) is 0 Å². The van der Waals surface area contributed by atoms with Gasteiger partial charge in [0.2, 0.25) is 35.4 Å². The second kappa shape index (κ2) is 19.6. The van der Waals surface area contributed by atoms with Crippen molar-refractivity contribution in [2.24, 2.45) is 17.6 Å². The highest BCUT2D eigenvalue weighted by Gasteiger charge is 2.35. The number of amides is 6. The van der Waals surface area contributed by atoms with Crippen LogP contribution in [0.25, 0.3) is 0 Å². The van der Waals surface area contributed by atoms with Gasteiger partial charge in [0.25, 0.3) is 0 Å². The number of hydrogen-bond donors (Lipinski definition) is 8. The van der Waals surface area contributed by atoms with Crippen molar-refractivity contribution in [1.82, 2.24) is 26.6 Å². The molecule has 51 heavy (non-hydrogen) atoms. The maximum Gasteiger partial charge on any atom is 0.524 e. The Morgan fingerprint density at radius 2 is 1.37 bits per heavy atom. The minimum Gasteiger partial charge on any atom is -0.467 e. The number of ether oxygens (including phenoxy) is 1. The topological polar surface area (TPSA) is 282 Å². The van der Waals surface area contributed by atoms with Gasteiger partial charge in [0.05, 0.1) is 13.5 Å². The number of benzene rings is 1. The van der Waals surface area contributed by atoms with Gasteiger partial charge >= 0.3 is 13.8 Å². The van der Waals surface area contributed by atoms with Crippen LogP contribution in [0.2, 0.25) is 0 Å². The molecular weight excluding hydrogens is 691 g/mol. The van der Waals surface area contributed by atoms with Gasteiger partial charge in [0.15, 0.2) is 0 Å². The molecule has 0 aromatic heterocycles. The lowest BCUT2D eigenvalue weighted by atomic mass is 9.99. The SMILES string of the molecule is COC(=O)[C@@H]1C/C=C/CCC(=O)NC(Cc2ccc(OP(=O)(O)O)cc2)C(=O)N[C@@H](C(C)C)C(=O)NC(CC(N)=O)C(=O)NC(C(C)C)C(=O)N1. The molecule has 1 aliphatic rings. The molecular formula is C32H47N6O12P. The number of nitrogens with two attached hydrogens (primary N) is 1. The van der Waals surface area contributed by atoms with Gasteiger partial charge in [-0.3, -0.25) is 38.6 Å². The predicted molar refractivity (Wildman–Crippen MR) is 181 cm³/mol. The summed E-state index contributed by atoms with van der Waals surface area (Å²) in [6.45, 7) is 6.49. The first-order chi connectivity index (χ1) is 23.8. The first kappa shape index (κ1) is 42.4. The van der Waals surface area contributed by atoms with E-state index in [-0.39, 0.29) is 31.4 Å². The number of nitrogens with one attached hydrogen (secondary N) is 5. The standard InChI is InChI=1S/C32H47N6O12P/c1-17(2)26-30(43)35-21(32(45)49-5)9-7-6-8-10-25(40)34-22(15-19-11-13-20(14-12-19)50-51(46,47)48)28(41)37-27(18(3)4)31(44)36-23(16-24(33)39)29(42)38-26/h6-7,11-14,17-18,21-23,26-27H,8-10,15-16H2,1-5H3,(H2,33,39)(H,34,40)(H,35,43)(H,36,44)(H,37,41)(H,38,42)(H2,46,47,48)/b7-6+/t21-,22?,23?,26?,27-/m0/s1. The first-order valence-corrected chi connectivity index (χ1v) is 17.7. The molecule has 0 saturated carbocycles. The van der Waals surface area contributed by atoms with Crippen molar-refractivity contribution in [2.45, 2.75) is 90.0 Å². The summed E-state index contributed by atoms with van der Waals surface area (Å²) in [4.78, 5) is 110.